The number of aryl methyl sites for hydroxylation is 1. The summed E-state index contributed by atoms with van der Waals surface area (Å²) >= 11 is 7.76. The van der Waals surface area contributed by atoms with Crippen LogP contribution >= 0.6 is 23.4 Å². The molecule has 1 aliphatic heterocycles. The van der Waals surface area contributed by atoms with Crippen LogP contribution in [0.1, 0.15) is 36.8 Å². The molecule has 2 amide bonds. The fourth-order valence-electron chi connectivity index (χ4n) is 3.48. The highest BCUT2D eigenvalue weighted by molar-refractivity contribution is 7.99. The summed E-state index contributed by atoms with van der Waals surface area (Å²) in [6.45, 7) is 0.655. The Morgan fingerprint density at radius 3 is 2.45 bits per heavy atom. The number of thioether (sulfide) groups is 1. The van der Waals surface area contributed by atoms with Gasteiger partial charge in [-0.05, 0) is 42.5 Å². The van der Waals surface area contributed by atoms with Crippen LogP contribution in [0.4, 0.5) is 4.39 Å². The van der Waals surface area contributed by atoms with E-state index in [0.29, 0.717) is 6.54 Å². The molecular formula is C24H28ClFN2O2S. The van der Waals surface area contributed by atoms with Gasteiger partial charge in [-0.3, -0.25) is 9.59 Å². The summed E-state index contributed by atoms with van der Waals surface area (Å²) in [6, 6.07) is 16.6. The van der Waals surface area contributed by atoms with E-state index in [-0.39, 0.29) is 29.6 Å². The average molecular weight is 463 g/mol. The predicted molar refractivity (Wildman–Crippen MR) is 124 cm³/mol. The number of rotatable bonds is 12. The zero-order valence-corrected chi connectivity index (χ0v) is 19.0. The number of likely N-dealkylation sites (tertiary alicyclic amines) is 1. The molecule has 0 bridgehead atoms. The molecule has 0 aliphatic carbocycles. The van der Waals surface area contributed by atoms with E-state index in [2.05, 4.69) is 5.32 Å². The number of benzene rings is 2. The number of hydrogen-bond donors (Lipinski definition) is 1. The van der Waals surface area contributed by atoms with E-state index < -0.39 is 5.38 Å². The second kappa shape index (κ2) is 12.1. The Bertz CT molecular complexity index is 850. The van der Waals surface area contributed by atoms with Gasteiger partial charge in [-0.2, -0.15) is 0 Å². The predicted octanol–water partition coefficient (Wildman–Crippen LogP) is 4.75. The van der Waals surface area contributed by atoms with Crippen molar-refractivity contribution in [2.75, 3.05) is 13.1 Å². The first-order valence-electron chi connectivity index (χ1n) is 10.7. The van der Waals surface area contributed by atoms with Crippen LogP contribution in [0.5, 0.6) is 0 Å². The van der Waals surface area contributed by atoms with Crippen molar-refractivity contribution in [3.05, 3.63) is 71.5 Å². The van der Waals surface area contributed by atoms with Crippen LogP contribution in [0.15, 0.2) is 54.6 Å². The normalized spacial score (nSPS) is 18.0. The third-order valence-electron chi connectivity index (χ3n) is 5.28. The molecule has 7 heteroatoms. The standard InChI is InChI=1S/C24H28ClFN2O2S/c25-22-23(30)28(24(22)31-17-19-9-5-3-6-10-19)16-21(29)27-15-7-2-1-4-8-18-11-13-20(26)14-12-18/h3,5-6,9-14,22,24H,1-2,4,7-8,15-17H2,(H,27,29). The summed E-state index contributed by atoms with van der Waals surface area (Å²) in [5.41, 5.74) is 2.31. The minimum absolute atomic E-state index is 0.0546. The Labute approximate surface area is 192 Å². The van der Waals surface area contributed by atoms with Crippen molar-refractivity contribution in [1.82, 2.24) is 10.2 Å². The lowest BCUT2D eigenvalue weighted by molar-refractivity contribution is -0.144. The number of alkyl halides is 1. The first-order chi connectivity index (χ1) is 15.0. The number of carbonyl (C=O) groups is 2. The minimum atomic E-state index is -0.567. The van der Waals surface area contributed by atoms with E-state index in [1.54, 1.807) is 16.7 Å². The molecule has 2 aromatic rings. The van der Waals surface area contributed by atoms with Crippen molar-refractivity contribution in [3.63, 3.8) is 0 Å². The van der Waals surface area contributed by atoms with E-state index in [1.165, 1.54) is 17.7 Å². The lowest BCUT2D eigenvalue weighted by Gasteiger charge is -2.43. The molecule has 2 aromatic carbocycles. The van der Waals surface area contributed by atoms with Gasteiger partial charge in [0.25, 0.3) is 0 Å². The molecule has 31 heavy (non-hydrogen) atoms. The molecule has 0 spiro atoms. The third-order valence-corrected chi connectivity index (χ3v) is 7.22. The van der Waals surface area contributed by atoms with Gasteiger partial charge in [0.1, 0.15) is 23.1 Å². The second-order valence-electron chi connectivity index (χ2n) is 7.70. The monoisotopic (exact) mass is 462 g/mol. The molecule has 2 atom stereocenters. The van der Waals surface area contributed by atoms with Gasteiger partial charge in [-0.1, -0.05) is 55.3 Å². The Balaban J connectivity index is 1.27. The fraction of sp³-hybridized carbons (Fsp3) is 0.417. The molecule has 1 saturated heterocycles. The fourth-order valence-corrected chi connectivity index (χ4v) is 5.16. The number of hydrogen-bond acceptors (Lipinski definition) is 3. The minimum Gasteiger partial charge on any atom is -0.355 e. The van der Waals surface area contributed by atoms with Gasteiger partial charge in [0, 0.05) is 12.3 Å². The maximum Gasteiger partial charge on any atom is 0.245 e. The molecule has 166 valence electrons. The molecule has 0 saturated carbocycles. The zero-order valence-electron chi connectivity index (χ0n) is 17.4. The van der Waals surface area contributed by atoms with Crippen LogP contribution in [0.25, 0.3) is 0 Å². The Morgan fingerprint density at radius 2 is 1.71 bits per heavy atom. The highest BCUT2D eigenvalue weighted by Crippen LogP contribution is 2.35. The van der Waals surface area contributed by atoms with Crippen molar-refractivity contribution >= 4 is 35.2 Å². The SMILES string of the molecule is O=C(CN1C(=O)C(Cl)C1SCc1ccccc1)NCCCCCCc1ccc(F)cc1. The Hall–Kier alpha value is -2.05. The molecule has 1 N–H and O–H groups in total. The summed E-state index contributed by atoms with van der Waals surface area (Å²) < 4.78 is 12.9. The Morgan fingerprint density at radius 1 is 1.00 bits per heavy atom. The summed E-state index contributed by atoms with van der Waals surface area (Å²) in [5, 5.41) is 2.16. The van der Waals surface area contributed by atoms with E-state index in [4.69, 9.17) is 11.6 Å². The van der Waals surface area contributed by atoms with Crippen LogP contribution in [0, 0.1) is 5.82 Å². The summed E-state index contributed by atoms with van der Waals surface area (Å²) in [5.74, 6) is 0.219. The highest BCUT2D eigenvalue weighted by atomic mass is 35.5. The number of carbonyl (C=O) groups excluding carboxylic acids is 2. The van der Waals surface area contributed by atoms with Gasteiger partial charge >= 0.3 is 0 Å². The van der Waals surface area contributed by atoms with Crippen molar-refractivity contribution < 1.29 is 14.0 Å². The van der Waals surface area contributed by atoms with Crippen molar-refractivity contribution in [2.24, 2.45) is 0 Å². The van der Waals surface area contributed by atoms with Crippen LogP contribution in [-0.2, 0) is 21.8 Å². The molecular weight excluding hydrogens is 435 g/mol. The second-order valence-corrected chi connectivity index (χ2v) is 9.27. The molecule has 1 fully saturated rings. The average Bonchev–Trinajstić information content (AvgIpc) is 2.79. The van der Waals surface area contributed by atoms with Crippen molar-refractivity contribution in [1.29, 1.82) is 0 Å². The number of nitrogens with one attached hydrogen (secondary N) is 1. The zero-order chi connectivity index (χ0) is 22.1. The van der Waals surface area contributed by atoms with Crippen LogP contribution < -0.4 is 5.32 Å². The Kier molecular flexibility index (Phi) is 9.22. The number of amides is 2. The lowest BCUT2D eigenvalue weighted by atomic mass is 10.1. The summed E-state index contributed by atoms with van der Waals surface area (Å²) in [7, 11) is 0. The molecule has 0 aromatic heterocycles. The molecule has 1 aliphatic rings. The van der Waals surface area contributed by atoms with Crippen molar-refractivity contribution in [2.45, 2.75) is 48.6 Å². The van der Waals surface area contributed by atoms with Gasteiger partial charge in [-0.25, -0.2) is 4.39 Å². The first-order valence-corrected chi connectivity index (χ1v) is 12.1. The molecule has 0 radical (unpaired) electrons. The molecule has 2 unspecified atom stereocenters. The quantitative estimate of drug-likeness (QED) is 0.281. The molecule has 1 heterocycles. The van der Waals surface area contributed by atoms with E-state index >= 15 is 0 Å². The van der Waals surface area contributed by atoms with E-state index in [1.807, 2.05) is 42.5 Å². The van der Waals surface area contributed by atoms with E-state index in [9.17, 15) is 14.0 Å². The van der Waals surface area contributed by atoms with Crippen LogP contribution in [0.3, 0.4) is 0 Å². The first kappa shape index (κ1) is 23.6. The number of halogens is 2. The summed E-state index contributed by atoms with van der Waals surface area (Å²) in [6.07, 6.45) is 4.95. The van der Waals surface area contributed by atoms with Gasteiger partial charge < -0.3 is 10.2 Å². The van der Waals surface area contributed by atoms with Gasteiger partial charge in [0.05, 0.1) is 0 Å². The smallest absolute Gasteiger partial charge is 0.245 e. The maximum atomic E-state index is 12.9. The van der Waals surface area contributed by atoms with Crippen LogP contribution in [-0.4, -0.2) is 40.6 Å². The van der Waals surface area contributed by atoms with Crippen molar-refractivity contribution in [3.8, 4) is 0 Å². The lowest BCUT2D eigenvalue weighted by Crippen LogP contribution is -2.62. The topological polar surface area (TPSA) is 49.4 Å². The third kappa shape index (κ3) is 7.25. The maximum absolute atomic E-state index is 12.9. The largest absolute Gasteiger partial charge is 0.355 e. The summed E-state index contributed by atoms with van der Waals surface area (Å²) in [4.78, 5) is 25.9. The van der Waals surface area contributed by atoms with Gasteiger partial charge in [0.15, 0.2) is 0 Å². The number of nitrogens with zero attached hydrogens (tertiary/aromatic N) is 1. The molecule has 4 nitrogen and oxygen atoms in total. The van der Waals surface area contributed by atoms with Crippen LogP contribution in [0.2, 0.25) is 0 Å². The van der Waals surface area contributed by atoms with Gasteiger partial charge in [0.2, 0.25) is 11.8 Å². The highest BCUT2D eigenvalue weighted by Gasteiger charge is 2.47. The number of unbranched alkanes of at least 4 members (excludes halogenated alkanes) is 3. The number of β-lactam (4-membered cyclic amide) rings is 1. The van der Waals surface area contributed by atoms with E-state index in [0.717, 1.165) is 43.4 Å². The molecule has 3 rings (SSSR count). The van der Waals surface area contributed by atoms with Gasteiger partial charge in [-0.15, -0.1) is 23.4 Å².